The number of aromatic nitrogens is 4. The Morgan fingerprint density at radius 2 is 1.80 bits per heavy atom. The average molecular weight is 595 g/mol. The molecule has 4 aromatic rings. The van der Waals surface area contributed by atoms with Gasteiger partial charge in [0.15, 0.2) is 11.5 Å². The normalized spacial score (nSPS) is 11.0. The van der Waals surface area contributed by atoms with Crippen LogP contribution in [0.3, 0.4) is 0 Å². The van der Waals surface area contributed by atoms with Crippen molar-refractivity contribution in [3.63, 3.8) is 0 Å². The fraction of sp³-hybridized carbons (Fsp3) is 0.345. The number of nitrogens with zero attached hydrogens (tertiary/aromatic N) is 6. The van der Waals surface area contributed by atoms with Gasteiger partial charge >= 0.3 is 0 Å². The van der Waals surface area contributed by atoms with Crippen LogP contribution in [-0.4, -0.2) is 69.7 Å². The van der Waals surface area contributed by atoms with Crippen molar-refractivity contribution in [1.82, 2.24) is 29.8 Å². The molecule has 0 aliphatic carbocycles. The number of halogens is 2. The fourth-order valence-electron chi connectivity index (χ4n) is 4.38. The number of nitriles is 1. The van der Waals surface area contributed by atoms with Crippen molar-refractivity contribution in [3.05, 3.63) is 70.1 Å². The van der Waals surface area contributed by atoms with Crippen molar-refractivity contribution in [2.45, 2.75) is 26.7 Å². The molecule has 0 saturated carbocycles. The second kappa shape index (κ2) is 14.6. The summed E-state index contributed by atoms with van der Waals surface area (Å²) < 4.78 is 1.64. The summed E-state index contributed by atoms with van der Waals surface area (Å²) >= 11 is 12.6. The molecule has 0 radical (unpaired) electrons. The summed E-state index contributed by atoms with van der Waals surface area (Å²) in [7, 11) is 0. The van der Waals surface area contributed by atoms with Crippen LogP contribution in [0.25, 0.3) is 16.8 Å². The Hall–Kier alpha value is -3.91. The lowest BCUT2D eigenvalue weighted by molar-refractivity contribution is 0.0943. The van der Waals surface area contributed by atoms with Crippen molar-refractivity contribution in [2.75, 3.05) is 49.9 Å². The molecule has 0 unspecified atom stereocenters. The third kappa shape index (κ3) is 8.07. The Kier molecular flexibility index (Phi) is 10.7. The standard InChI is InChI=1S/C29H33Cl2N9O/c1-3-12-39(13-4-2)14-11-35-29(41)24-16-26-28(34-10-9-33-27-8-5-20(17-32)18-36-27)37-25(19-40(26)38-24)22-7-6-21(30)15-23(22)31/h5-8,15-16,18-19H,3-4,9-14H2,1-2H3,(H,33,36)(H,34,37)(H,35,41). The number of amides is 1. The highest BCUT2D eigenvalue weighted by atomic mass is 35.5. The van der Waals surface area contributed by atoms with Gasteiger partial charge in [-0.3, -0.25) is 4.79 Å². The van der Waals surface area contributed by atoms with Gasteiger partial charge in [0, 0.05) is 49.0 Å². The summed E-state index contributed by atoms with van der Waals surface area (Å²) in [5.41, 5.74) is 2.71. The van der Waals surface area contributed by atoms with Gasteiger partial charge in [0.2, 0.25) is 0 Å². The fourth-order valence-corrected chi connectivity index (χ4v) is 4.89. The lowest BCUT2D eigenvalue weighted by atomic mass is 10.1. The number of nitrogens with one attached hydrogen (secondary N) is 3. The SMILES string of the molecule is CCCN(CCC)CCNC(=O)c1cc2c(NCCNc3ccc(C#N)cn3)nc(-c3ccc(Cl)cc3Cl)cn2n1. The van der Waals surface area contributed by atoms with Gasteiger partial charge in [0.05, 0.1) is 22.5 Å². The first-order chi connectivity index (χ1) is 19.9. The maximum atomic E-state index is 13.0. The van der Waals surface area contributed by atoms with Gasteiger partial charge in [-0.2, -0.15) is 10.4 Å². The van der Waals surface area contributed by atoms with E-state index >= 15 is 0 Å². The Labute approximate surface area is 249 Å². The zero-order valence-corrected chi connectivity index (χ0v) is 24.6. The molecule has 0 aliphatic heterocycles. The number of rotatable bonds is 14. The predicted octanol–water partition coefficient (Wildman–Crippen LogP) is 5.35. The first-order valence-electron chi connectivity index (χ1n) is 13.6. The van der Waals surface area contributed by atoms with E-state index in [4.69, 9.17) is 33.4 Å². The van der Waals surface area contributed by atoms with Crippen molar-refractivity contribution in [2.24, 2.45) is 0 Å². The Morgan fingerprint density at radius 3 is 2.49 bits per heavy atom. The summed E-state index contributed by atoms with van der Waals surface area (Å²) in [5.74, 6) is 0.962. The van der Waals surface area contributed by atoms with E-state index < -0.39 is 0 Å². The quantitative estimate of drug-likeness (QED) is 0.167. The van der Waals surface area contributed by atoms with E-state index in [9.17, 15) is 4.79 Å². The lowest BCUT2D eigenvalue weighted by Crippen LogP contribution is -2.36. The van der Waals surface area contributed by atoms with Crippen LogP contribution in [0.4, 0.5) is 11.6 Å². The zero-order valence-electron chi connectivity index (χ0n) is 23.1. The average Bonchev–Trinajstić information content (AvgIpc) is 3.40. The van der Waals surface area contributed by atoms with Crippen molar-refractivity contribution in [1.29, 1.82) is 5.26 Å². The van der Waals surface area contributed by atoms with Crippen LogP contribution in [-0.2, 0) is 0 Å². The van der Waals surface area contributed by atoms with Crippen LogP contribution in [0.1, 0.15) is 42.7 Å². The smallest absolute Gasteiger partial charge is 0.271 e. The number of fused-ring (bicyclic) bond motifs is 1. The van der Waals surface area contributed by atoms with E-state index in [0.717, 1.165) is 32.5 Å². The molecule has 3 heterocycles. The first kappa shape index (κ1) is 30.1. The van der Waals surface area contributed by atoms with E-state index in [0.29, 0.717) is 69.3 Å². The second-order valence-electron chi connectivity index (χ2n) is 9.45. The molecule has 0 spiro atoms. The molecule has 3 N–H and O–H groups in total. The van der Waals surface area contributed by atoms with Crippen molar-refractivity contribution < 1.29 is 4.79 Å². The van der Waals surface area contributed by atoms with Crippen LogP contribution < -0.4 is 16.0 Å². The van der Waals surface area contributed by atoms with Gasteiger partial charge in [0.1, 0.15) is 17.4 Å². The zero-order chi connectivity index (χ0) is 29.2. The Balaban J connectivity index is 1.53. The maximum Gasteiger partial charge on any atom is 0.271 e. The molecular formula is C29H33Cl2N9O. The summed E-state index contributed by atoms with van der Waals surface area (Å²) in [5, 5.41) is 24.0. The van der Waals surface area contributed by atoms with Crippen LogP contribution in [0.2, 0.25) is 10.0 Å². The molecule has 41 heavy (non-hydrogen) atoms. The van der Waals surface area contributed by atoms with E-state index in [1.807, 2.05) is 0 Å². The highest BCUT2D eigenvalue weighted by Crippen LogP contribution is 2.31. The number of hydrogen-bond acceptors (Lipinski definition) is 8. The van der Waals surface area contributed by atoms with Crippen molar-refractivity contribution in [3.8, 4) is 17.3 Å². The molecular weight excluding hydrogens is 561 g/mol. The molecule has 3 aromatic heterocycles. The highest BCUT2D eigenvalue weighted by Gasteiger charge is 2.17. The third-order valence-corrected chi connectivity index (χ3v) is 6.85. The number of anilines is 2. The van der Waals surface area contributed by atoms with E-state index in [1.54, 1.807) is 47.1 Å². The first-order valence-corrected chi connectivity index (χ1v) is 14.4. The largest absolute Gasteiger partial charge is 0.368 e. The molecule has 0 fully saturated rings. The summed E-state index contributed by atoms with van der Waals surface area (Å²) in [6, 6.07) is 12.5. The van der Waals surface area contributed by atoms with Gasteiger partial charge in [-0.15, -0.1) is 0 Å². The molecule has 0 aliphatic rings. The molecule has 214 valence electrons. The highest BCUT2D eigenvalue weighted by molar-refractivity contribution is 6.36. The predicted molar refractivity (Wildman–Crippen MR) is 164 cm³/mol. The lowest BCUT2D eigenvalue weighted by Gasteiger charge is -2.20. The number of pyridine rings is 1. The van der Waals surface area contributed by atoms with Gasteiger partial charge in [-0.05, 0) is 56.3 Å². The summed E-state index contributed by atoms with van der Waals surface area (Å²) in [6.07, 6.45) is 5.41. The van der Waals surface area contributed by atoms with E-state index in [-0.39, 0.29) is 5.91 Å². The van der Waals surface area contributed by atoms with Crippen LogP contribution >= 0.6 is 23.2 Å². The monoisotopic (exact) mass is 593 g/mol. The van der Waals surface area contributed by atoms with Gasteiger partial charge in [0.25, 0.3) is 5.91 Å². The Morgan fingerprint density at radius 1 is 1.02 bits per heavy atom. The topological polar surface area (TPSA) is 123 Å². The molecule has 1 aromatic carbocycles. The van der Waals surface area contributed by atoms with Gasteiger partial charge < -0.3 is 20.9 Å². The molecule has 0 bridgehead atoms. The minimum atomic E-state index is -0.243. The number of hydrogen-bond donors (Lipinski definition) is 3. The number of carbonyl (C=O) groups excluding carboxylic acids is 1. The summed E-state index contributed by atoms with van der Waals surface area (Å²) in [4.78, 5) is 24.4. The Bertz CT molecular complexity index is 1510. The van der Waals surface area contributed by atoms with Crippen LogP contribution in [0.15, 0.2) is 48.8 Å². The van der Waals surface area contributed by atoms with E-state index in [2.05, 4.69) is 50.8 Å². The molecule has 4 rings (SSSR count). The molecule has 12 heteroatoms. The van der Waals surface area contributed by atoms with Crippen LogP contribution in [0.5, 0.6) is 0 Å². The summed E-state index contributed by atoms with van der Waals surface area (Å²) in [6.45, 7) is 8.68. The number of benzene rings is 1. The van der Waals surface area contributed by atoms with Gasteiger partial charge in [-0.25, -0.2) is 14.5 Å². The maximum absolute atomic E-state index is 13.0. The molecule has 0 atom stereocenters. The van der Waals surface area contributed by atoms with Crippen molar-refractivity contribution >= 4 is 46.3 Å². The minimum Gasteiger partial charge on any atom is -0.368 e. The van der Waals surface area contributed by atoms with Crippen LogP contribution in [0, 0.1) is 11.3 Å². The molecule has 0 saturated heterocycles. The van der Waals surface area contributed by atoms with E-state index in [1.165, 1.54) is 6.20 Å². The number of carbonyl (C=O) groups is 1. The second-order valence-corrected chi connectivity index (χ2v) is 10.3. The van der Waals surface area contributed by atoms with Gasteiger partial charge in [-0.1, -0.05) is 37.0 Å². The third-order valence-electron chi connectivity index (χ3n) is 6.30. The molecule has 1 amide bonds. The minimum absolute atomic E-state index is 0.243. The molecule has 10 nitrogen and oxygen atoms in total.